The lowest BCUT2D eigenvalue weighted by Gasteiger charge is -2.36. The Kier molecular flexibility index (Phi) is 4.22. The van der Waals surface area contributed by atoms with Crippen LogP contribution in [-0.2, 0) is 19.1 Å². The van der Waals surface area contributed by atoms with Gasteiger partial charge in [0.05, 0.1) is 6.61 Å². The van der Waals surface area contributed by atoms with Gasteiger partial charge in [-0.3, -0.25) is 19.3 Å². The molecule has 0 N–H and O–H groups in total. The van der Waals surface area contributed by atoms with Crippen LogP contribution in [0.3, 0.4) is 0 Å². The van der Waals surface area contributed by atoms with E-state index in [0.29, 0.717) is 19.4 Å². The number of piperidine rings is 1. The van der Waals surface area contributed by atoms with Gasteiger partial charge in [-0.2, -0.15) is 0 Å². The van der Waals surface area contributed by atoms with Gasteiger partial charge in [0, 0.05) is 12.8 Å². The van der Waals surface area contributed by atoms with Crippen LogP contribution in [0.2, 0.25) is 0 Å². The van der Waals surface area contributed by atoms with E-state index in [1.165, 1.54) is 0 Å². The molecule has 19 heavy (non-hydrogen) atoms. The minimum absolute atomic E-state index is 0.113. The zero-order valence-electron chi connectivity index (χ0n) is 11.4. The highest BCUT2D eigenvalue weighted by Crippen LogP contribution is 2.46. The first-order chi connectivity index (χ1) is 9.06. The van der Waals surface area contributed by atoms with E-state index in [2.05, 4.69) is 0 Å². The second kappa shape index (κ2) is 5.72. The van der Waals surface area contributed by atoms with Crippen molar-refractivity contribution in [2.75, 3.05) is 13.2 Å². The van der Waals surface area contributed by atoms with Gasteiger partial charge in [0.1, 0.15) is 6.54 Å². The molecule has 0 radical (unpaired) electrons. The predicted molar refractivity (Wildman–Crippen MR) is 68.1 cm³/mol. The second-order valence-electron chi connectivity index (χ2n) is 5.65. The molecule has 2 amide bonds. The summed E-state index contributed by atoms with van der Waals surface area (Å²) >= 11 is 0. The molecule has 0 aromatic heterocycles. The lowest BCUT2D eigenvalue weighted by Crippen LogP contribution is -2.49. The summed E-state index contributed by atoms with van der Waals surface area (Å²) in [4.78, 5) is 36.7. The van der Waals surface area contributed by atoms with E-state index in [1.54, 1.807) is 0 Å². The third-order valence-corrected chi connectivity index (χ3v) is 4.07. The molecular weight excluding hydrogens is 246 g/mol. The van der Waals surface area contributed by atoms with Crippen molar-refractivity contribution in [3.05, 3.63) is 0 Å². The lowest BCUT2D eigenvalue weighted by atomic mass is 9.76. The van der Waals surface area contributed by atoms with Crippen molar-refractivity contribution >= 4 is 17.8 Å². The number of rotatable bonds is 4. The van der Waals surface area contributed by atoms with E-state index >= 15 is 0 Å². The number of carbonyl (C=O) groups excluding carboxylic acids is 3. The second-order valence-corrected chi connectivity index (χ2v) is 5.65. The Labute approximate surface area is 113 Å². The molecule has 1 aliphatic heterocycles. The molecule has 1 aliphatic carbocycles. The standard InChI is InChI=1S/C14H21NO4/c1-2-7-19-13(18)10-15-11(16)8-14(9-12(15)17)5-3-4-6-14/h2-10H2,1H3. The molecule has 2 fully saturated rings. The van der Waals surface area contributed by atoms with E-state index in [9.17, 15) is 14.4 Å². The van der Waals surface area contributed by atoms with E-state index in [-0.39, 0.29) is 23.8 Å². The molecule has 0 aromatic rings. The van der Waals surface area contributed by atoms with Gasteiger partial charge in [-0.1, -0.05) is 19.8 Å². The molecule has 1 saturated carbocycles. The number of ether oxygens (including phenoxy) is 1. The first-order valence-electron chi connectivity index (χ1n) is 7.05. The molecule has 0 unspecified atom stereocenters. The lowest BCUT2D eigenvalue weighted by molar-refractivity contribution is -0.161. The van der Waals surface area contributed by atoms with Crippen LogP contribution >= 0.6 is 0 Å². The average Bonchev–Trinajstić information content (AvgIpc) is 2.79. The maximum atomic E-state index is 12.1. The molecule has 0 aromatic carbocycles. The number of carbonyl (C=O) groups is 3. The number of hydrogen-bond acceptors (Lipinski definition) is 4. The van der Waals surface area contributed by atoms with Crippen molar-refractivity contribution in [1.82, 2.24) is 4.90 Å². The van der Waals surface area contributed by atoms with Gasteiger partial charge >= 0.3 is 5.97 Å². The Bertz CT molecular complexity index is 365. The van der Waals surface area contributed by atoms with Crippen LogP contribution in [0.1, 0.15) is 51.9 Å². The van der Waals surface area contributed by atoms with Crippen LogP contribution in [0, 0.1) is 5.41 Å². The first-order valence-corrected chi connectivity index (χ1v) is 7.05. The van der Waals surface area contributed by atoms with Crippen LogP contribution in [0.25, 0.3) is 0 Å². The molecule has 2 rings (SSSR count). The van der Waals surface area contributed by atoms with Crippen LogP contribution in [0.15, 0.2) is 0 Å². The number of hydrogen-bond donors (Lipinski definition) is 0. The Balaban J connectivity index is 1.94. The third kappa shape index (κ3) is 3.14. The highest BCUT2D eigenvalue weighted by molar-refractivity contribution is 6.01. The number of amides is 2. The number of imide groups is 1. The normalized spacial score (nSPS) is 22.1. The number of nitrogens with zero attached hydrogens (tertiary/aromatic N) is 1. The van der Waals surface area contributed by atoms with Gasteiger partial charge in [-0.25, -0.2) is 0 Å². The van der Waals surface area contributed by atoms with Crippen LogP contribution in [0.4, 0.5) is 0 Å². The van der Waals surface area contributed by atoms with Crippen LogP contribution < -0.4 is 0 Å². The van der Waals surface area contributed by atoms with Crippen molar-refractivity contribution in [3.63, 3.8) is 0 Å². The number of esters is 1. The van der Waals surface area contributed by atoms with Crippen molar-refractivity contribution in [3.8, 4) is 0 Å². The third-order valence-electron chi connectivity index (χ3n) is 4.07. The zero-order valence-corrected chi connectivity index (χ0v) is 11.4. The van der Waals surface area contributed by atoms with Crippen LogP contribution in [0.5, 0.6) is 0 Å². The van der Waals surface area contributed by atoms with E-state index < -0.39 is 5.97 Å². The van der Waals surface area contributed by atoms with Crippen molar-refractivity contribution in [1.29, 1.82) is 0 Å². The zero-order chi connectivity index (χ0) is 13.9. The summed E-state index contributed by atoms with van der Waals surface area (Å²) in [5, 5.41) is 0. The van der Waals surface area contributed by atoms with Crippen LogP contribution in [-0.4, -0.2) is 35.8 Å². The molecule has 0 atom stereocenters. The maximum Gasteiger partial charge on any atom is 0.326 e. The van der Waals surface area contributed by atoms with Gasteiger partial charge in [-0.15, -0.1) is 0 Å². The summed E-state index contributed by atoms with van der Waals surface area (Å²) in [7, 11) is 0. The molecular formula is C14H21NO4. The minimum Gasteiger partial charge on any atom is -0.464 e. The summed E-state index contributed by atoms with van der Waals surface area (Å²) in [6.07, 6.45) is 5.64. The maximum absolute atomic E-state index is 12.1. The SMILES string of the molecule is CCCOC(=O)CN1C(=O)CC2(CCCC2)CC1=O. The van der Waals surface area contributed by atoms with E-state index in [1.807, 2.05) is 6.92 Å². The summed E-state index contributed by atoms with van der Waals surface area (Å²) in [6.45, 7) is 2.00. The fraction of sp³-hybridized carbons (Fsp3) is 0.786. The summed E-state index contributed by atoms with van der Waals surface area (Å²) in [6, 6.07) is 0. The molecule has 1 saturated heterocycles. The Morgan fingerprint density at radius 2 is 1.79 bits per heavy atom. The molecule has 1 spiro atoms. The summed E-state index contributed by atoms with van der Waals surface area (Å²) in [5.74, 6) is -0.927. The fourth-order valence-corrected chi connectivity index (χ4v) is 3.08. The molecule has 5 nitrogen and oxygen atoms in total. The largest absolute Gasteiger partial charge is 0.464 e. The smallest absolute Gasteiger partial charge is 0.326 e. The van der Waals surface area contributed by atoms with E-state index in [0.717, 1.165) is 37.0 Å². The number of likely N-dealkylation sites (tertiary alicyclic amines) is 1. The highest BCUT2D eigenvalue weighted by atomic mass is 16.5. The van der Waals surface area contributed by atoms with Crippen molar-refractivity contribution in [2.45, 2.75) is 51.9 Å². The quantitative estimate of drug-likeness (QED) is 0.574. The van der Waals surface area contributed by atoms with Gasteiger partial charge < -0.3 is 4.74 Å². The molecule has 106 valence electrons. The highest BCUT2D eigenvalue weighted by Gasteiger charge is 2.45. The molecule has 5 heteroatoms. The fourth-order valence-electron chi connectivity index (χ4n) is 3.08. The Morgan fingerprint density at radius 3 is 2.32 bits per heavy atom. The van der Waals surface area contributed by atoms with Crippen molar-refractivity contribution < 1.29 is 19.1 Å². The average molecular weight is 267 g/mol. The van der Waals surface area contributed by atoms with Gasteiger partial charge in [0.15, 0.2) is 0 Å². The Morgan fingerprint density at radius 1 is 1.21 bits per heavy atom. The summed E-state index contributed by atoms with van der Waals surface area (Å²) < 4.78 is 4.92. The molecule has 1 heterocycles. The topological polar surface area (TPSA) is 63.7 Å². The van der Waals surface area contributed by atoms with Crippen molar-refractivity contribution in [2.24, 2.45) is 5.41 Å². The molecule has 0 bridgehead atoms. The predicted octanol–water partition coefficient (Wildman–Crippen LogP) is 1.65. The molecule has 2 aliphatic rings. The monoisotopic (exact) mass is 267 g/mol. The minimum atomic E-state index is -0.495. The van der Waals surface area contributed by atoms with E-state index in [4.69, 9.17) is 4.74 Å². The van der Waals surface area contributed by atoms with Gasteiger partial charge in [0.2, 0.25) is 11.8 Å². The first kappa shape index (κ1) is 14.0. The van der Waals surface area contributed by atoms with Gasteiger partial charge in [0.25, 0.3) is 0 Å². The van der Waals surface area contributed by atoms with Gasteiger partial charge in [-0.05, 0) is 24.7 Å². The Hall–Kier alpha value is -1.39. The summed E-state index contributed by atoms with van der Waals surface area (Å²) in [5.41, 5.74) is -0.113.